The number of nitrogens with one attached hydrogen (secondary N) is 1. The van der Waals surface area contributed by atoms with E-state index < -0.39 is 24.1 Å². The maximum Gasteiger partial charge on any atom is 0.407 e. The highest BCUT2D eigenvalue weighted by Crippen LogP contribution is 2.44. The Morgan fingerprint density at radius 3 is 2.28 bits per heavy atom. The van der Waals surface area contributed by atoms with Crippen LogP contribution >= 0.6 is 0 Å². The number of carboxylic acids is 1. The Morgan fingerprint density at radius 1 is 1.12 bits per heavy atom. The van der Waals surface area contributed by atoms with Crippen molar-refractivity contribution in [3.8, 4) is 11.1 Å². The van der Waals surface area contributed by atoms with Crippen molar-refractivity contribution in [3.05, 3.63) is 77.4 Å². The summed E-state index contributed by atoms with van der Waals surface area (Å²) in [5.41, 5.74) is 5.28. The Labute approximate surface area is 187 Å². The van der Waals surface area contributed by atoms with Crippen molar-refractivity contribution in [2.24, 2.45) is 0 Å². The number of carboxylic acid groups (broad SMARTS) is 1. The van der Waals surface area contributed by atoms with Crippen molar-refractivity contribution in [1.29, 1.82) is 0 Å². The second-order valence-corrected chi connectivity index (χ2v) is 8.09. The van der Waals surface area contributed by atoms with Gasteiger partial charge < -0.3 is 19.7 Å². The SMILES string of the molecule is CCc1nc(C)cn1C(C)C(NC(=O)OCC1c2ccccc2-c2ccccc21)C(=O)O. The number of benzene rings is 2. The zero-order valence-corrected chi connectivity index (χ0v) is 18.4. The van der Waals surface area contributed by atoms with Gasteiger partial charge in [-0.2, -0.15) is 0 Å². The zero-order valence-electron chi connectivity index (χ0n) is 18.4. The molecule has 2 atom stereocenters. The van der Waals surface area contributed by atoms with Gasteiger partial charge in [0.2, 0.25) is 0 Å². The quantitative estimate of drug-likeness (QED) is 0.579. The van der Waals surface area contributed by atoms with E-state index in [9.17, 15) is 14.7 Å². The maximum atomic E-state index is 12.6. The van der Waals surface area contributed by atoms with Gasteiger partial charge in [0.15, 0.2) is 0 Å². The monoisotopic (exact) mass is 433 g/mol. The summed E-state index contributed by atoms with van der Waals surface area (Å²) in [6.45, 7) is 5.70. The number of imidazole rings is 1. The van der Waals surface area contributed by atoms with Gasteiger partial charge in [0.1, 0.15) is 18.5 Å². The van der Waals surface area contributed by atoms with Crippen molar-refractivity contribution in [1.82, 2.24) is 14.9 Å². The third-order valence-electron chi connectivity index (χ3n) is 6.05. The summed E-state index contributed by atoms with van der Waals surface area (Å²) in [6, 6.07) is 14.5. The van der Waals surface area contributed by atoms with Crippen molar-refractivity contribution in [3.63, 3.8) is 0 Å². The standard InChI is InChI=1S/C25H27N3O4/c1-4-22-26-15(2)13-28(22)16(3)23(24(29)30)27-25(31)32-14-21-19-11-7-5-9-17(19)18-10-6-8-12-20(18)21/h5-13,16,21,23H,4,14H2,1-3H3,(H,27,31)(H,29,30). The normalized spacial score (nSPS) is 14.3. The molecule has 0 spiro atoms. The van der Waals surface area contributed by atoms with Gasteiger partial charge in [0, 0.05) is 18.5 Å². The number of hydrogen-bond acceptors (Lipinski definition) is 4. The second kappa shape index (κ2) is 8.86. The van der Waals surface area contributed by atoms with E-state index in [1.807, 2.05) is 50.2 Å². The van der Waals surface area contributed by atoms with Crippen LogP contribution in [-0.2, 0) is 16.0 Å². The first kappa shape index (κ1) is 21.6. The van der Waals surface area contributed by atoms with E-state index in [2.05, 4.69) is 22.4 Å². The number of hydrogen-bond donors (Lipinski definition) is 2. The van der Waals surface area contributed by atoms with Crippen LogP contribution in [0.3, 0.4) is 0 Å². The first-order chi connectivity index (χ1) is 15.4. The van der Waals surface area contributed by atoms with Crippen molar-refractivity contribution >= 4 is 12.1 Å². The molecule has 0 aliphatic heterocycles. The van der Waals surface area contributed by atoms with E-state index in [0.717, 1.165) is 33.8 Å². The Hall–Kier alpha value is -3.61. The molecule has 0 bridgehead atoms. The van der Waals surface area contributed by atoms with Crippen molar-refractivity contribution in [2.75, 3.05) is 6.61 Å². The average molecular weight is 434 g/mol. The van der Waals surface area contributed by atoms with Gasteiger partial charge in [-0.3, -0.25) is 0 Å². The summed E-state index contributed by atoms with van der Waals surface area (Å²) in [4.78, 5) is 29.0. The molecular formula is C25H27N3O4. The zero-order chi connectivity index (χ0) is 22.8. The number of aromatic nitrogens is 2. The predicted molar refractivity (Wildman–Crippen MR) is 121 cm³/mol. The van der Waals surface area contributed by atoms with Crippen LogP contribution in [0.1, 0.15) is 48.5 Å². The Balaban J connectivity index is 1.47. The van der Waals surface area contributed by atoms with Crippen molar-refractivity contribution < 1.29 is 19.4 Å². The summed E-state index contributed by atoms with van der Waals surface area (Å²) in [5, 5.41) is 12.3. The molecule has 7 nitrogen and oxygen atoms in total. The molecule has 1 aliphatic carbocycles. The van der Waals surface area contributed by atoms with Crippen LogP contribution in [0.15, 0.2) is 54.7 Å². The van der Waals surface area contributed by atoms with Crippen LogP contribution in [0.2, 0.25) is 0 Å². The van der Waals surface area contributed by atoms with E-state index in [4.69, 9.17) is 4.74 Å². The smallest absolute Gasteiger partial charge is 0.407 e. The predicted octanol–water partition coefficient (Wildman–Crippen LogP) is 4.31. The number of aryl methyl sites for hydroxylation is 2. The number of amides is 1. The summed E-state index contributed by atoms with van der Waals surface area (Å²) in [7, 11) is 0. The van der Waals surface area contributed by atoms with E-state index in [0.29, 0.717) is 6.42 Å². The lowest BCUT2D eigenvalue weighted by Gasteiger charge is -2.24. The molecule has 1 aromatic heterocycles. The minimum atomic E-state index is -1.15. The van der Waals surface area contributed by atoms with Gasteiger partial charge >= 0.3 is 12.1 Å². The highest BCUT2D eigenvalue weighted by atomic mass is 16.5. The van der Waals surface area contributed by atoms with Crippen LogP contribution in [0, 0.1) is 6.92 Å². The maximum absolute atomic E-state index is 12.6. The molecule has 2 unspecified atom stereocenters. The third kappa shape index (κ3) is 3.98. The molecular weight excluding hydrogens is 406 g/mol. The van der Waals surface area contributed by atoms with Crippen LogP contribution in [0.4, 0.5) is 4.79 Å². The number of carbonyl (C=O) groups excluding carboxylic acids is 1. The minimum Gasteiger partial charge on any atom is -0.480 e. The van der Waals surface area contributed by atoms with Gasteiger partial charge in [0.05, 0.1) is 11.7 Å². The molecule has 2 N–H and O–H groups in total. The lowest BCUT2D eigenvalue weighted by Crippen LogP contribution is -2.46. The van der Waals surface area contributed by atoms with E-state index in [1.54, 1.807) is 17.7 Å². The number of fused-ring (bicyclic) bond motifs is 3. The number of rotatable bonds is 7. The first-order valence-corrected chi connectivity index (χ1v) is 10.8. The lowest BCUT2D eigenvalue weighted by atomic mass is 9.98. The highest BCUT2D eigenvalue weighted by Gasteiger charge is 2.32. The van der Waals surface area contributed by atoms with E-state index in [1.165, 1.54) is 0 Å². The number of ether oxygens (including phenoxy) is 1. The molecule has 1 aliphatic rings. The fourth-order valence-electron chi connectivity index (χ4n) is 4.50. The summed E-state index contributed by atoms with van der Waals surface area (Å²) in [6.07, 6.45) is 1.72. The topological polar surface area (TPSA) is 93.5 Å². The molecule has 0 saturated carbocycles. The molecule has 3 aromatic rings. The molecule has 1 heterocycles. The Bertz CT molecular complexity index is 1110. The van der Waals surface area contributed by atoms with E-state index in [-0.39, 0.29) is 12.5 Å². The van der Waals surface area contributed by atoms with Crippen LogP contribution < -0.4 is 5.32 Å². The Morgan fingerprint density at radius 2 is 1.72 bits per heavy atom. The van der Waals surface area contributed by atoms with Gasteiger partial charge in [-0.05, 0) is 36.1 Å². The average Bonchev–Trinajstić information content (AvgIpc) is 3.33. The fraction of sp³-hybridized carbons (Fsp3) is 0.320. The molecule has 0 radical (unpaired) electrons. The molecule has 2 aromatic carbocycles. The molecule has 4 rings (SSSR count). The highest BCUT2D eigenvalue weighted by molar-refractivity contribution is 5.81. The van der Waals surface area contributed by atoms with Crippen molar-refractivity contribution in [2.45, 2.75) is 45.2 Å². The molecule has 166 valence electrons. The van der Waals surface area contributed by atoms with E-state index >= 15 is 0 Å². The molecule has 7 heteroatoms. The number of alkyl carbamates (subject to hydrolysis) is 1. The number of aliphatic carboxylic acids is 1. The van der Waals surface area contributed by atoms with Gasteiger partial charge in [-0.25, -0.2) is 14.6 Å². The molecule has 1 amide bonds. The van der Waals surface area contributed by atoms with Crippen LogP contribution in [0.25, 0.3) is 11.1 Å². The van der Waals surface area contributed by atoms with Crippen LogP contribution in [0.5, 0.6) is 0 Å². The molecule has 0 fully saturated rings. The summed E-state index contributed by atoms with van der Waals surface area (Å²) in [5.74, 6) is -0.438. The summed E-state index contributed by atoms with van der Waals surface area (Å²) < 4.78 is 7.33. The largest absolute Gasteiger partial charge is 0.480 e. The minimum absolute atomic E-state index is 0.0863. The molecule has 0 saturated heterocycles. The van der Waals surface area contributed by atoms with Crippen LogP contribution in [-0.4, -0.2) is 39.4 Å². The number of nitrogens with zero attached hydrogens (tertiary/aromatic N) is 2. The number of carbonyl (C=O) groups is 2. The Kier molecular flexibility index (Phi) is 5.99. The summed E-state index contributed by atoms with van der Waals surface area (Å²) >= 11 is 0. The molecule has 32 heavy (non-hydrogen) atoms. The fourth-order valence-corrected chi connectivity index (χ4v) is 4.50. The third-order valence-corrected chi connectivity index (χ3v) is 6.05. The van der Waals surface area contributed by atoms with Gasteiger partial charge in [-0.1, -0.05) is 55.5 Å². The van der Waals surface area contributed by atoms with Gasteiger partial charge in [0.25, 0.3) is 0 Å². The first-order valence-electron chi connectivity index (χ1n) is 10.8. The lowest BCUT2D eigenvalue weighted by molar-refractivity contribution is -0.140. The second-order valence-electron chi connectivity index (χ2n) is 8.09. The van der Waals surface area contributed by atoms with Gasteiger partial charge in [-0.15, -0.1) is 0 Å².